The van der Waals surface area contributed by atoms with E-state index in [-0.39, 0.29) is 12.5 Å². The largest absolute Gasteiger partial charge is 0.468 e. The molecule has 1 aliphatic rings. The molecule has 0 spiro atoms. The molecule has 0 N–H and O–H groups in total. The highest BCUT2D eigenvalue weighted by Gasteiger charge is 2.31. The number of carbonyl (C=O) groups is 1. The van der Waals surface area contributed by atoms with Gasteiger partial charge in [-0.2, -0.15) is 4.31 Å². The normalized spacial score (nSPS) is 18.1. The first-order valence-corrected chi connectivity index (χ1v) is 9.08. The second-order valence-corrected chi connectivity index (χ2v) is 8.22. The lowest BCUT2D eigenvalue weighted by molar-refractivity contribution is -0.142. The molecule has 0 atom stereocenters. The van der Waals surface area contributed by atoms with Crippen molar-refractivity contribution in [1.29, 1.82) is 0 Å². The number of carbonyl (C=O) groups excluding carboxylic acids is 1. The van der Waals surface area contributed by atoms with Gasteiger partial charge in [0.15, 0.2) is 0 Å². The van der Waals surface area contributed by atoms with E-state index in [0.29, 0.717) is 34.9 Å². The Balaban J connectivity index is 2.00. The van der Waals surface area contributed by atoms with Crippen LogP contribution in [0.1, 0.15) is 0 Å². The average molecular weight is 383 g/mol. The van der Waals surface area contributed by atoms with Gasteiger partial charge in [0.1, 0.15) is 4.21 Å². The molecule has 2 heterocycles. The van der Waals surface area contributed by atoms with E-state index in [1.807, 2.05) is 4.90 Å². The number of hydrogen-bond acceptors (Lipinski definition) is 6. The fraction of sp³-hybridized carbons (Fsp3) is 0.545. The maximum atomic E-state index is 12.5. The summed E-state index contributed by atoms with van der Waals surface area (Å²) in [6, 6.07) is 1.73. The van der Waals surface area contributed by atoms with Crippen LogP contribution in [0.25, 0.3) is 0 Å². The zero-order chi connectivity index (χ0) is 14.8. The fourth-order valence-electron chi connectivity index (χ4n) is 1.96. The van der Waals surface area contributed by atoms with Gasteiger partial charge in [-0.3, -0.25) is 9.69 Å². The molecule has 0 amide bonds. The standard InChI is InChI=1S/C11H15BrN2O4S2/c1-18-10(15)8-13-3-5-14(6-4-13)20(16,17)11-9(12)2-7-19-11/h2,7H,3-6,8H2,1H3. The van der Waals surface area contributed by atoms with Crippen LogP contribution < -0.4 is 0 Å². The van der Waals surface area contributed by atoms with Gasteiger partial charge in [0.05, 0.1) is 13.7 Å². The summed E-state index contributed by atoms with van der Waals surface area (Å²) >= 11 is 4.46. The van der Waals surface area contributed by atoms with E-state index < -0.39 is 10.0 Å². The van der Waals surface area contributed by atoms with Gasteiger partial charge in [-0.1, -0.05) is 0 Å². The Morgan fingerprint density at radius 2 is 2.05 bits per heavy atom. The second kappa shape index (κ2) is 6.52. The predicted octanol–water partition coefficient (Wildman–Crippen LogP) is 0.990. The zero-order valence-electron chi connectivity index (χ0n) is 10.9. The number of piperazine rings is 1. The highest BCUT2D eigenvalue weighted by molar-refractivity contribution is 9.10. The quantitative estimate of drug-likeness (QED) is 0.726. The molecule has 9 heteroatoms. The summed E-state index contributed by atoms with van der Waals surface area (Å²) in [6.45, 7) is 2.01. The van der Waals surface area contributed by atoms with Crippen LogP contribution in [0.15, 0.2) is 20.1 Å². The van der Waals surface area contributed by atoms with Crippen molar-refractivity contribution in [1.82, 2.24) is 9.21 Å². The Morgan fingerprint density at radius 3 is 2.55 bits per heavy atom. The van der Waals surface area contributed by atoms with Crippen LogP contribution >= 0.6 is 27.3 Å². The van der Waals surface area contributed by atoms with Crippen molar-refractivity contribution in [2.24, 2.45) is 0 Å². The monoisotopic (exact) mass is 382 g/mol. The van der Waals surface area contributed by atoms with Crippen molar-refractivity contribution < 1.29 is 17.9 Å². The van der Waals surface area contributed by atoms with Crippen LogP contribution in [0, 0.1) is 0 Å². The molecule has 1 saturated heterocycles. The molecule has 1 fully saturated rings. The van der Waals surface area contributed by atoms with Crippen molar-refractivity contribution in [3.63, 3.8) is 0 Å². The number of rotatable bonds is 4. The van der Waals surface area contributed by atoms with Gasteiger partial charge in [0.2, 0.25) is 0 Å². The first-order chi connectivity index (χ1) is 9.45. The molecule has 1 aliphatic heterocycles. The van der Waals surface area contributed by atoms with Crippen LogP contribution in [0.4, 0.5) is 0 Å². The van der Waals surface area contributed by atoms with Gasteiger partial charge in [-0.25, -0.2) is 8.42 Å². The SMILES string of the molecule is COC(=O)CN1CCN(S(=O)(=O)c2sccc2Br)CC1. The Kier molecular flexibility index (Phi) is 5.19. The lowest BCUT2D eigenvalue weighted by atomic mass is 10.3. The van der Waals surface area contributed by atoms with Gasteiger partial charge in [0.25, 0.3) is 10.0 Å². The number of sulfonamides is 1. The molecular weight excluding hydrogens is 368 g/mol. The van der Waals surface area contributed by atoms with E-state index in [1.165, 1.54) is 22.8 Å². The Bertz CT molecular complexity index is 579. The van der Waals surface area contributed by atoms with Crippen molar-refractivity contribution in [3.8, 4) is 0 Å². The highest BCUT2D eigenvalue weighted by Crippen LogP contribution is 2.30. The zero-order valence-corrected chi connectivity index (χ0v) is 14.1. The van der Waals surface area contributed by atoms with Crippen molar-refractivity contribution >= 4 is 43.3 Å². The Morgan fingerprint density at radius 1 is 1.40 bits per heavy atom. The third kappa shape index (κ3) is 3.40. The summed E-state index contributed by atoms with van der Waals surface area (Å²) in [5.74, 6) is -0.303. The number of hydrogen-bond donors (Lipinski definition) is 0. The second-order valence-electron chi connectivity index (χ2n) is 4.31. The van der Waals surface area contributed by atoms with Gasteiger partial charge >= 0.3 is 5.97 Å². The molecule has 20 heavy (non-hydrogen) atoms. The molecule has 1 aromatic rings. The number of ether oxygens (including phenoxy) is 1. The highest BCUT2D eigenvalue weighted by atomic mass is 79.9. The number of halogens is 1. The summed E-state index contributed by atoms with van der Waals surface area (Å²) in [5, 5.41) is 1.74. The van der Waals surface area contributed by atoms with E-state index in [1.54, 1.807) is 11.4 Å². The third-order valence-corrected chi connectivity index (χ3v) is 7.62. The van der Waals surface area contributed by atoms with Gasteiger partial charge in [-0.05, 0) is 27.4 Å². The van der Waals surface area contributed by atoms with E-state index in [2.05, 4.69) is 20.7 Å². The molecule has 6 nitrogen and oxygen atoms in total. The van der Waals surface area contributed by atoms with E-state index in [9.17, 15) is 13.2 Å². The van der Waals surface area contributed by atoms with Crippen LogP contribution in [-0.2, 0) is 19.6 Å². The van der Waals surface area contributed by atoms with Gasteiger partial charge in [-0.15, -0.1) is 11.3 Å². The van der Waals surface area contributed by atoms with E-state index in [4.69, 9.17) is 0 Å². The molecule has 0 bridgehead atoms. The van der Waals surface area contributed by atoms with Crippen LogP contribution in [0.3, 0.4) is 0 Å². The maximum Gasteiger partial charge on any atom is 0.319 e. The molecule has 0 aromatic carbocycles. The van der Waals surface area contributed by atoms with Crippen LogP contribution in [0.5, 0.6) is 0 Å². The topological polar surface area (TPSA) is 66.9 Å². The average Bonchev–Trinajstić information content (AvgIpc) is 2.86. The van der Waals surface area contributed by atoms with Crippen LogP contribution in [0.2, 0.25) is 0 Å². The van der Waals surface area contributed by atoms with Crippen molar-refractivity contribution in [2.45, 2.75) is 4.21 Å². The van der Waals surface area contributed by atoms with Crippen LogP contribution in [-0.4, -0.2) is 63.4 Å². The Labute approximate surface area is 130 Å². The number of nitrogens with zero attached hydrogens (tertiary/aromatic N) is 2. The van der Waals surface area contributed by atoms with E-state index >= 15 is 0 Å². The smallest absolute Gasteiger partial charge is 0.319 e. The minimum atomic E-state index is -3.44. The maximum absolute atomic E-state index is 12.5. The minimum Gasteiger partial charge on any atom is -0.468 e. The molecular formula is C11H15BrN2O4S2. The summed E-state index contributed by atoms with van der Waals surface area (Å²) in [5.41, 5.74) is 0. The molecule has 112 valence electrons. The number of esters is 1. The summed E-state index contributed by atoms with van der Waals surface area (Å²) in [4.78, 5) is 13.1. The predicted molar refractivity (Wildman–Crippen MR) is 79.2 cm³/mol. The molecule has 2 rings (SSSR count). The molecule has 0 aliphatic carbocycles. The third-order valence-electron chi connectivity index (χ3n) is 3.07. The molecule has 0 saturated carbocycles. The summed E-state index contributed by atoms with van der Waals surface area (Å²) < 4.78 is 31.9. The Hall–Kier alpha value is -0.480. The van der Waals surface area contributed by atoms with E-state index in [0.717, 1.165) is 0 Å². The fourth-order valence-corrected chi connectivity index (χ4v) is 5.83. The van der Waals surface area contributed by atoms with Crippen molar-refractivity contribution in [3.05, 3.63) is 15.9 Å². The number of methoxy groups -OCH3 is 1. The van der Waals surface area contributed by atoms with Gasteiger partial charge in [0, 0.05) is 30.7 Å². The minimum absolute atomic E-state index is 0.201. The molecule has 0 radical (unpaired) electrons. The van der Waals surface area contributed by atoms with Gasteiger partial charge < -0.3 is 4.74 Å². The van der Waals surface area contributed by atoms with Crippen molar-refractivity contribution in [2.75, 3.05) is 39.8 Å². The first-order valence-electron chi connectivity index (χ1n) is 5.97. The first kappa shape index (κ1) is 15.9. The number of thiophene rings is 1. The lowest BCUT2D eigenvalue weighted by Crippen LogP contribution is -2.49. The molecule has 1 aromatic heterocycles. The summed E-state index contributed by atoms with van der Waals surface area (Å²) in [6.07, 6.45) is 0. The lowest BCUT2D eigenvalue weighted by Gasteiger charge is -2.32. The summed E-state index contributed by atoms with van der Waals surface area (Å²) in [7, 11) is -2.10. The molecule has 0 unspecified atom stereocenters.